The van der Waals surface area contributed by atoms with E-state index in [4.69, 9.17) is 11.6 Å². The summed E-state index contributed by atoms with van der Waals surface area (Å²) in [5.41, 5.74) is 0. The summed E-state index contributed by atoms with van der Waals surface area (Å²) in [7, 11) is -1.74. The van der Waals surface area contributed by atoms with Gasteiger partial charge in [0.25, 0.3) is 10.0 Å². The second-order valence-corrected chi connectivity index (χ2v) is 8.51. The van der Waals surface area contributed by atoms with Gasteiger partial charge in [0.1, 0.15) is 4.21 Å². The van der Waals surface area contributed by atoms with Crippen molar-refractivity contribution in [1.82, 2.24) is 4.31 Å². The Bertz CT molecular complexity index is 482. The Kier molecular flexibility index (Phi) is 5.65. The first-order chi connectivity index (χ1) is 8.28. The van der Waals surface area contributed by atoms with Gasteiger partial charge in [-0.3, -0.25) is 0 Å². The Balaban J connectivity index is 2.92. The van der Waals surface area contributed by atoms with Gasteiger partial charge in [-0.2, -0.15) is 4.31 Å². The van der Waals surface area contributed by atoms with Crippen molar-refractivity contribution >= 4 is 33.0 Å². The molecule has 0 amide bonds. The molecule has 1 aromatic heterocycles. The van der Waals surface area contributed by atoms with Crippen molar-refractivity contribution in [3.05, 3.63) is 17.0 Å². The summed E-state index contributed by atoms with van der Waals surface area (Å²) in [6.07, 6.45) is 0.851. The van der Waals surface area contributed by atoms with Crippen LogP contribution in [0, 0.1) is 5.92 Å². The van der Waals surface area contributed by atoms with Crippen LogP contribution in [0.15, 0.2) is 16.3 Å². The van der Waals surface area contributed by atoms with Gasteiger partial charge in [-0.25, -0.2) is 8.42 Å². The minimum atomic E-state index is -3.38. The van der Waals surface area contributed by atoms with E-state index in [0.717, 1.165) is 11.3 Å². The summed E-state index contributed by atoms with van der Waals surface area (Å²) in [6.45, 7) is 6.12. The van der Waals surface area contributed by atoms with E-state index in [0.29, 0.717) is 16.0 Å². The van der Waals surface area contributed by atoms with Crippen molar-refractivity contribution in [2.45, 2.75) is 43.3 Å². The molecule has 0 N–H and O–H groups in total. The molecule has 0 aliphatic heterocycles. The Labute approximate surface area is 119 Å². The minimum Gasteiger partial charge on any atom is -0.206 e. The maximum atomic E-state index is 12.4. The number of nitrogens with zero attached hydrogens (tertiary/aromatic N) is 1. The number of hydrogen-bond acceptors (Lipinski definition) is 3. The summed E-state index contributed by atoms with van der Waals surface area (Å²) in [6, 6.07) is 3.40. The number of alkyl halides is 1. The van der Waals surface area contributed by atoms with Gasteiger partial charge in [0, 0.05) is 18.0 Å². The number of sulfonamides is 1. The Morgan fingerprint density at radius 1 is 1.33 bits per heavy atom. The standard InChI is InChI=1S/C12H20ClNO2S2/c1-9(2)7-10(3)14(4)18(15,16)12-6-5-11(8-13)17-12/h5-6,9-10H,7-8H2,1-4H3. The fourth-order valence-corrected chi connectivity index (χ4v) is 4.79. The topological polar surface area (TPSA) is 37.4 Å². The lowest BCUT2D eigenvalue weighted by Crippen LogP contribution is -2.35. The molecular weight excluding hydrogens is 290 g/mol. The highest BCUT2D eigenvalue weighted by molar-refractivity contribution is 7.91. The fourth-order valence-electron chi connectivity index (χ4n) is 1.78. The molecule has 3 nitrogen and oxygen atoms in total. The van der Waals surface area contributed by atoms with Crippen LogP contribution in [0.3, 0.4) is 0 Å². The maximum Gasteiger partial charge on any atom is 0.252 e. The van der Waals surface area contributed by atoms with Crippen molar-refractivity contribution in [3.8, 4) is 0 Å². The Morgan fingerprint density at radius 2 is 1.94 bits per heavy atom. The van der Waals surface area contributed by atoms with E-state index < -0.39 is 10.0 Å². The highest BCUT2D eigenvalue weighted by Gasteiger charge is 2.27. The number of halogens is 1. The molecule has 1 rings (SSSR count). The first-order valence-electron chi connectivity index (χ1n) is 5.91. The van der Waals surface area contributed by atoms with Gasteiger partial charge in [0.05, 0.1) is 5.88 Å². The largest absolute Gasteiger partial charge is 0.252 e. The van der Waals surface area contributed by atoms with Crippen LogP contribution in [0.2, 0.25) is 0 Å². The highest BCUT2D eigenvalue weighted by atomic mass is 35.5. The molecule has 1 unspecified atom stereocenters. The van der Waals surface area contributed by atoms with E-state index in [1.54, 1.807) is 19.2 Å². The van der Waals surface area contributed by atoms with Crippen LogP contribution >= 0.6 is 22.9 Å². The van der Waals surface area contributed by atoms with Crippen LogP contribution in [0.4, 0.5) is 0 Å². The van der Waals surface area contributed by atoms with Crippen molar-refractivity contribution in [1.29, 1.82) is 0 Å². The molecular formula is C12H20ClNO2S2. The smallest absolute Gasteiger partial charge is 0.206 e. The molecule has 1 aromatic rings. The fraction of sp³-hybridized carbons (Fsp3) is 0.667. The average molecular weight is 310 g/mol. The molecule has 0 radical (unpaired) electrons. The van der Waals surface area contributed by atoms with Crippen LogP contribution in [-0.2, 0) is 15.9 Å². The van der Waals surface area contributed by atoms with Crippen molar-refractivity contribution in [2.75, 3.05) is 7.05 Å². The molecule has 1 heterocycles. The van der Waals surface area contributed by atoms with Gasteiger partial charge in [0.15, 0.2) is 0 Å². The second-order valence-electron chi connectivity index (χ2n) is 4.85. The molecule has 0 aromatic carbocycles. The molecule has 0 spiro atoms. The molecule has 1 atom stereocenters. The predicted octanol–water partition coefficient (Wildman–Crippen LogP) is 3.54. The summed E-state index contributed by atoms with van der Waals surface area (Å²) in [4.78, 5) is 0.875. The third-order valence-corrected chi connectivity index (χ3v) is 6.81. The van der Waals surface area contributed by atoms with Gasteiger partial charge in [-0.1, -0.05) is 13.8 Å². The quantitative estimate of drug-likeness (QED) is 0.754. The van der Waals surface area contributed by atoms with E-state index >= 15 is 0 Å². The van der Waals surface area contributed by atoms with Crippen molar-refractivity contribution < 1.29 is 8.42 Å². The van der Waals surface area contributed by atoms with Gasteiger partial charge >= 0.3 is 0 Å². The first kappa shape index (κ1) is 16.0. The van der Waals surface area contributed by atoms with E-state index in [1.165, 1.54) is 15.6 Å². The van der Waals surface area contributed by atoms with E-state index in [2.05, 4.69) is 13.8 Å². The Hall–Kier alpha value is -0.100. The van der Waals surface area contributed by atoms with Crippen LogP contribution in [0.1, 0.15) is 32.1 Å². The van der Waals surface area contributed by atoms with E-state index in [1.807, 2.05) is 6.92 Å². The predicted molar refractivity (Wildman–Crippen MR) is 77.7 cm³/mol. The zero-order valence-corrected chi connectivity index (χ0v) is 13.6. The average Bonchev–Trinajstić information content (AvgIpc) is 2.76. The van der Waals surface area contributed by atoms with Crippen LogP contribution in [0.25, 0.3) is 0 Å². The molecule has 0 aliphatic rings. The third kappa shape index (κ3) is 3.70. The van der Waals surface area contributed by atoms with Gasteiger partial charge < -0.3 is 0 Å². The summed E-state index contributed by atoms with van der Waals surface area (Å²) in [5, 5.41) is 0. The summed E-state index contributed by atoms with van der Waals surface area (Å²) < 4.78 is 26.6. The summed E-state index contributed by atoms with van der Waals surface area (Å²) >= 11 is 6.95. The van der Waals surface area contributed by atoms with Crippen LogP contribution in [-0.4, -0.2) is 25.8 Å². The lowest BCUT2D eigenvalue weighted by molar-refractivity contribution is 0.338. The third-order valence-electron chi connectivity index (χ3n) is 2.84. The normalized spacial score (nSPS) is 14.4. The number of thiophene rings is 1. The first-order valence-corrected chi connectivity index (χ1v) is 8.70. The van der Waals surface area contributed by atoms with Crippen LogP contribution < -0.4 is 0 Å². The molecule has 0 saturated carbocycles. The highest BCUT2D eigenvalue weighted by Crippen LogP contribution is 2.27. The van der Waals surface area contributed by atoms with Gasteiger partial charge in [0.2, 0.25) is 0 Å². The van der Waals surface area contributed by atoms with E-state index in [-0.39, 0.29) is 6.04 Å². The second kappa shape index (κ2) is 6.37. The lowest BCUT2D eigenvalue weighted by Gasteiger charge is -2.24. The van der Waals surface area contributed by atoms with Crippen molar-refractivity contribution in [3.63, 3.8) is 0 Å². The molecule has 18 heavy (non-hydrogen) atoms. The zero-order chi connectivity index (χ0) is 13.9. The molecule has 0 fully saturated rings. The Morgan fingerprint density at radius 3 is 2.39 bits per heavy atom. The monoisotopic (exact) mass is 309 g/mol. The molecule has 104 valence electrons. The summed E-state index contributed by atoms with van der Waals surface area (Å²) in [5.74, 6) is 0.824. The van der Waals surface area contributed by atoms with Gasteiger partial charge in [-0.15, -0.1) is 22.9 Å². The molecule has 6 heteroatoms. The number of rotatable bonds is 6. The zero-order valence-electron chi connectivity index (χ0n) is 11.2. The molecule has 0 saturated heterocycles. The minimum absolute atomic E-state index is 0.00319. The van der Waals surface area contributed by atoms with Gasteiger partial charge in [-0.05, 0) is 31.4 Å². The lowest BCUT2D eigenvalue weighted by atomic mass is 10.1. The maximum absolute atomic E-state index is 12.4. The van der Waals surface area contributed by atoms with E-state index in [9.17, 15) is 8.42 Å². The molecule has 0 aliphatic carbocycles. The number of hydrogen-bond donors (Lipinski definition) is 0. The van der Waals surface area contributed by atoms with Crippen LogP contribution in [0.5, 0.6) is 0 Å². The molecule has 0 bridgehead atoms. The van der Waals surface area contributed by atoms with Crippen molar-refractivity contribution in [2.24, 2.45) is 5.92 Å². The SMILES string of the molecule is CC(C)CC(C)N(C)S(=O)(=O)c1ccc(CCl)s1.